The monoisotopic (exact) mass is 402 g/mol. The Morgan fingerprint density at radius 1 is 1.29 bits per heavy atom. The highest BCUT2D eigenvalue weighted by atomic mass is 35.5. The summed E-state index contributed by atoms with van der Waals surface area (Å²) in [7, 11) is 0. The summed E-state index contributed by atoms with van der Waals surface area (Å²) in [5, 5.41) is 11.6. The number of hydrogen-bond donors (Lipinski definition) is 2. The minimum absolute atomic E-state index is 0.337. The number of aliphatic imine (C=N–C) groups is 1. The Morgan fingerprint density at radius 2 is 2.11 bits per heavy atom. The normalized spacial score (nSPS) is 19.0. The molecule has 28 heavy (non-hydrogen) atoms. The number of guanidine groups is 1. The molecule has 0 amide bonds. The molecule has 1 saturated heterocycles. The lowest BCUT2D eigenvalue weighted by atomic mass is 10.1. The van der Waals surface area contributed by atoms with E-state index < -0.39 is 0 Å². The van der Waals surface area contributed by atoms with E-state index in [0.29, 0.717) is 29.3 Å². The second-order valence-corrected chi connectivity index (χ2v) is 7.84. The summed E-state index contributed by atoms with van der Waals surface area (Å²) in [6.07, 6.45) is 5.06. The van der Waals surface area contributed by atoms with Crippen molar-refractivity contribution in [2.75, 3.05) is 19.6 Å². The highest BCUT2D eigenvalue weighted by Crippen LogP contribution is 2.29. The number of likely N-dealkylation sites (tertiary alicyclic amines) is 1. The molecule has 2 heterocycles. The van der Waals surface area contributed by atoms with Crippen molar-refractivity contribution in [3.8, 4) is 11.4 Å². The Bertz CT molecular complexity index is 811. The van der Waals surface area contributed by atoms with Crippen LogP contribution < -0.4 is 10.6 Å². The summed E-state index contributed by atoms with van der Waals surface area (Å²) in [6, 6.07) is 8.72. The molecule has 2 fully saturated rings. The van der Waals surface area contributed by atoms with Crippen LogP contribution in [0, 0.1) is 0 Å². The van der Waals surface area contributed by atoms with Gasteiger partial charge < -0.3 is 20.1 Å². The third-order valence-corrected chi connectivity index (χ3v) is 5.44. The molecule has 2 aliphatic rings. The maximum absolute atomic E-state index is 6.03. The van der Waals surface area contributed by atoms with Gasteiger partial charge in [-0.3, -0.25) is 0 Å². The van der Waals surface area contributed by atoms with Gasteiger partial charge >= 0.3 is 0 Å². The summed E-state index contributed by atoms with van der Waals surface area (Å²) in [4.78, 5) is 11.7. The predicted molar refractivity (Wildman–Crippen MR) is 110 cm³/mol. The molecule has 0 atom stereocenters. The molecule has 0 spiro atoms. The van der Waals surface area contributed by atoms with Crippen molar-refractivity contribution < 1.29 is 4.52 Å². The van der Waals surface area contributed by atoms with E-state index in [1.54, 1.807) is 0 Å². The van der Waals surface area contributed by atoms with Gasteiger partial charge in [0, 0.05) is 42.3 Å². The highest BCUT2D eigenvalue weighted by Gasteiger charge is 2.31. The van der Waals surface area contributed by atoms with Gasteiger partial charge in [-0.05, 0) is 44.7 Å². The first-order valence-corrected chi connectivity index (χ1v) is 10.5. The first-order chi connectivity index (χ1) is 13.7. The molecule has 0 radical (unpaired) electrons. The van der Waals surface area contributed by atoms with Crippen LogP contribution in [-0.4, -0.2) is 52.7 Å². The fourth-order valence-electron chi connectivity index (χ4n) is 3.57. The minimum Gasteiger partial charge on any atom is -0.357 e. The van der Waals surface area contributed by atoms with E-state index in [1.807, 2.05) is 24.3 Å². The zero-order valence-electron chi connectivity index (χ0n) is 16.2. The predicted octanol–water partition coefficient (Wildman–Crippen LogP) is 3.07. The summed E-state index contributed by atoms with van der Waals surface area (Å²) >= 11 is 6.03. The van der Waals surface area contributed by atoms with Crippen molar-refractivity contribution in [1.29, 1.82) is 0 Å². The van der Waals surface area contributed by atoms with Crippen molar-refractivity contribution in [2.24, 2.45) is 4.99 Å². The highest BCUT2D eigenvalue weighted by molar-refractivity contribution is 6.30. The molecule has 8 heteroatoms. The lowest BCUT2D eigenvalue weighted by molar-refractivity contribution is 0.197. The third kappa shape index (κ3) is 5.02. The fourth-order valence-corrected chi connectivity index (χ4v) is 3.76. The van der Waals surface area contributed by atoms with Crippen molar-refractivity contribution >= 4 is 17.6 Å². The maximum Gasteiger partial charge on any atom is 0.248 e. The van der Waals surface area contributed by atoms with Crippen molar-refractivity contribution in [3.63, 3.8) is 0 Å². The molecule has 4 rings (SSSR count). The van der Waals surface area contributed by atoms with Crippen LogP contribution in [0.15, 0.2) is 33.8 Å². The number of halogens is 1. The van der Waals surface area contributed by atoms with Crippen LogP contribution in [0.2, 0.25) is 5.02 Å². The summed E-state index contributed by atoms with van der Waals surface area (Å²) < 4.78 is 5.35. The van der Waals surface area contributed by atoms with Crippen LogP contribution in [0.5, 0.6) is 0 Å². The third-order valence-electron chi connectivity index (χ3n) is 5.20. The topological polar surface area (TPSA) is 78.6 Å². The van der Waals surface area contributed by atoms with E-state index >= 15 is 0 Å². The summed E-state index contributed by atoms with van der Waals surface area (Å²) in [5.74, 6) is 1.81. The quantitative estimate of drug-likeness (QED) is 0.571. The van der Waals surface area contributed by atoms with E-state index in [0.717, 1.165) is 37.0 Å². The molecule has 7 nitrogen and oxygen atoms in total. The SMILES string of the molecule is CCNC(=NCc1nc(-c2cccc(Cl)c2)no1)NC1CCN(C2CC2)CC1. The maximum atomic E-state index is 6.03. The van der Waals surface area contributed by atoms with Gasteiger partial charge in [-0.25, -0.2) is 4.99 Å². The number of nitrogens with zero attached hydrogens (tertiary/aromatic N) is 4. The largest absolute Gasteiger partial charge is 0.357 e. The smallest absolute Gasteiger partial charge is 0.248 e. The van der Waals surface area contributed by atoms with Crippen LogP contribution in [0.1, 0.15) is 38.5 Å². The Morgan fingerprint density at radius 3 is 2.82 bits per heavy atom. The number of rotatable bonds is 6. The number of aromatic nitrogens is 2. The van der Waals surface area contributed by atoms with Crippen LogP contribution in [-0.2, 0) is 6.54 Å². The van der Waals surface area contributed by atoms with Crippen LogP contribution in [0.25, 0.3) is 11.4 Å². The standard InChI is InChI=1S/C20H27ClN6O/c1-2-22-20(24-16-8-10-27(11-9-16)17-6-7-17)23-13-18-25-19(26-28-18)14-4-3-5-15(21)12-14/h3-5,12,16-17H,2,6-11,13H2,1H3,(H2,22,23,24). The molecule has 1 saturated carbocycles. The Hall–Kier alpha value is -2.12. The molecular weight excluding hydrogens is 376 g/mol. The Labute approximate surface area is 170 Å². The van der Waals surface area contributed by atoms with Gasteiger partial charge in [0.2, 0.25) is 11.7 Å². The molecule has 2 aromatic rings. The van der Waals surface area contributed by atoms with Gasteiger partial charge in [-0.15, -0.1) is 0 Å². The van der Waals surface area contributed by atoms with E-state index in [2.05, 4.69) is 37.6 Å². The Kier molecular flexibility index (Phi) is 6.12. The van der Waals surface area contributed by atoms with E-state index in [4.69, 9.17) is 16.1 Å². The first-order valence-electron chi connectivity index (χ1n) is 10.1. The molecule has 0 unspecified atom stereocenters. The van der Waals surface area contributed by atoms with E-state index in [9.17, 15) is 0 Å². The fraction of sp³-hybridized carbons (Fsp3) is 0.550. The van der Waals surface area contributed by atoms with Gasteiger partial charge in [0.05, 0.1) is 0 Å². The van der Waals surface area contributed by atoms with Gasteiger partial charge in [-0.2, -0.15) is 4.98 Å². The van der Waals surface area contributed by atoms with Gasteiger partial charge in [0.1, 0.15) is 6.54 Å². The molecular formula is C20H27ClN6O. The van der Waals surface area contributed by atoms with E-state index in [1.165, 1.54) is 25.9 Å². The van der Waals surface area contributed by atoms with Crippen molar-refractivity contribution in [3.05, 3.63) is 35.2 Å². The summed E-state index contributed by atoms with van der Waals surface area (Å²) in [5.41, 5.74) is 0.832. The second-order valence-electron chi connectivity index (χ2n) is 7.40. The summed E-state index contributed by atoms with van der Waals surface area (Å²) in [6.45, 7) is 5.56. The van der Waals surface area contributed by atoms with Crippen LogP contribution >= 0.6 is 11.6 Å². The average molecular weight is 403 g/mol. The minimum atomic E-state index is 0.337. The number of benzene rings is 1. The molecule has 1 aliphatic heterocycles. The van der Waals surface area contributed by atoms with Crippen molar-refractivity contribution in [1.82, 2.24) is 25.7 Å². The molecule has 1 aromatic carbocycles. The van der Waals surface area contributed by atoms with Gasteiger partial charge in [0.25, 0.3) is 0 Å². The lowest BCUT2D eigenvalue weighted by Gasteiger charge is -2.33. The Balaban J connectivity index is 1.34. The van der Waals surface area contributed by atoms with Crippen LogP contribution in [0.3, 0.4) is 0 Å². The number of nitrogens with one attached hydrogen (secondary N) is 2. The van der Waals surface area contributed by atoms with Gasteiger partial charge in [-0.1, -0.05) is 28.9 Å². The molecule has 1 aromatic heterocycles. The zero-order valence-corrected chi connectivity index (χ0v) is 17.0. The molecule has 2 N–H and O–H groups in total. The average Bonchev–Trinajstić information content (AvgIpc) is 3.44. The van der Waals surface area contributed by atoms with Gasteiger partial charge in [0.15, 0.2) is 5.96 Å². The van der Waals surface area contributed by atoms with Crippen LogP contribution in [0.4, 0.5) is 0 Å². The number of hydrogen-bond acceptors (Lipinski definition) is 5. The van der Waals surface area contributed by atoms with Crippen molar-refractivity contribution in [2.45, 2.75) is 51.2 Å². The second kappa shape index (κ2) is 8.92. The lowest BCUT2D eigenvalue weighted by Crippen LogP contribution is -2.49. The molecule has 1 aliphatic carbocycles. The molecule has 0 bridgehead atoms. The van der Waals surface area contributed by atoms with E-state index in [-0.39, 0.29) is 0 Å². The first kappa shape index (κ1) is 19.2. The zero-order chi connectivity index (χ0) is 19.3. The number of piperidine rings is 1. The molecule has 150 valence electrons.